The first-order chi connectivity index (χ1) is 13.6. The Hall–Kier alpha value is -0.180. The molecule has 0 N–H and O–H groups in total. The lowest BCUT2D eigenvalue weighted by molar-refractivity contribution is 0.125. The molecule has 2 heterocycles. The summed E-state index contributed by atoms with van der Waals surface area (Å²) in [7, 11) is -5.78. The highest BCUT2D eigenvalue weighted by Gasteiger charge is 2.28. The van der Waals surface area contributed by atoms with E-state index in [1.54, 1.807) is 0 Å². The van der Waals surface area contributed by atoms with Gasteiger partial charge in [0.1, 0.15) is 19.7 Å². The summed E-state index contributed by atoms with van der Waals surface area (Å²) >= 11 is 0. The zero-order chi connectivity index (χ0) is 21.5. The number of likely N-dealkylation sites (tertiary alicyclic amines) is 2. The summed E-state index contributed by atoms with van der Waals surface area (Å²) in [4.78, 5) is 4.62. The minimum absolute atomic E-state index is 0.257. The van der Waals surface area contributed by atoms with Gasteiger partial charge in [-0.1, -0.05) is 19.8 Å². The summed E-state index contributed by atoms with van der Waals surface area (Å²) in [5.41, 5.74) is 0. The predicted molar refractivity (Wildman–Crippen MR) is 120 cm³/mol. The SMILES string of the molecule is [CH2]CC(CCC1CCN(CCS(C)(=O)=O)CC1)C1CCCN(CCS(C)(=O)=O)C1. The molecule has 8 heteroatoms. The molecule has 0 spiro atoms. The normalized spacial score (nSPS) is 24.6. The first kappa shape index (κ1) is 25.1. The lowest BCUT2D eigenvalue weighted by atomic mass is 9.78. The van der Waals surface area contributed by atoms with Crippen molar-refractivity contribution in [2.24, 2.45) is 17.8 Å². The third-order valence-corrected chi connectivity index (χ3v) is 8.64. The van der Waals surface area contributed by atoms with Crippen LogP contribution >= 0.6 is 0 Å². The maximum absolute atomic E-state index is 11.5. The lowest BCUT2D eigenvalue weighted by Gasteiger charge is -2.38. The number of piperidine rings is 2. The van der Waals surface area contributed by atoms with Crippen LogP contribution in [-0.2, 0) is 19.7 Å². The van der Waals surface area contributed by atoms with Crippen molar-refractivity contribution in [2.75, 3.05) is 63.3 Å². The molecule has 2 fully saturated rings. The topological polar surface area (TPSA) is 74.8 Å². The lowest BCUT2D eigenvalue weighted by Crippen LogP contribution is -2.41. The summed E-state index contributed by atoms with van der Waals surface area (Å²) in [5, 5.41) is 0. The van der Waals surface area contributed by atoms with Crippen molar-refractivity contribution in [3.63, 3.8) is 0 Å². The second-order valence-electron chi connectivity index (χ2n) is 9.37. The Kier molecular flexibility index (Phi) is 9.90. The molecular weight excluding hydrogens is 408 g/mol. The summed E-state index contributed by atoms with van der Waals surface area (Å²) in [5.74, 6) is 2.52. The van der Waals surface area contributed by atoms with Gasteiger partial charge in [-0.05, 0) is 69.5 Å². The minimum Gasteiger partial charge on any atom is -0.302 e. The Bertz CT molecular complexity index is 685. The van der Waals surface area contributed by atoms with E-state index in [0.717, 1.165) is 44.9 Å². The van der Waals surface area contributed by atoms with Gasteiger partial charge in [0, 0.05) is 32.1 Å². The molecule has 2 aliphatic heterocycles. The molecule has 171 valence electrons. The van der Waals surface area contributed by atoms with Crippen LogP contribution in [0.3, 0.4) is 0 Å². The van der Waals surface area contributed by atoms with Crippen molar-refractivity contribution in [2.45, 2.75) is 44.9 Å². The number of nitrogens with zero attached hydrogens (tertiary/aromatic N) is 2. The second-order valence-corrected chi connectivity index (χ2v) is 13.9. The zero-order valence-corrected chi connectivity index (χ0v) is 20.0. The monoisotopic (exact) mass is 449 g/mol. The van der Waals surface area contributed by atoms with Gasteiger partial charge in [0.15, 0.2) is 0 Å². The van der Waals surface area contributed by atoms with E-state index >= 15 is 0 Å². The molecule has 2 rings (SSSR count). The summed E-state index contributed by atoms with van der Waals surface area (Å²) in [6.45, 7) is 9.59. The summed E-state index contributed by atoms with van der Waals surface area (Å²) in [6.07, 6.45) is 10.8. The maximum Gasteiger partial charge on any atom is 0.148 e. The van der Waals surface area contributed by atoms with Crippen molar-refractivity contribution in [3.8, 4) is 0 Å². The smallest absolute Gasteiger partial charge is 0.148 e. The molecule has 2 atom stereocenters. The van der Waals surface area contributed by atoms with Crippen LogP contribution in [0.2, 0.25) is 0 Å². The van der Waals surface area contributed by atoms with E-state index in [-0.39, 0.29) is 11.5 Å². The second kappa shape index (κ2) is 11.4. The minimum atomic E-state index is -2.90. The molecule has 0 aromatic heterocycles. The average molecular weight is 450 g/mol. The summed E-state index contributed by atoms with van der Waals surface area (Å²) in [6, 6.07) is 0. The molecule has 0 aromatic rings. The number of hydrogen-bond acceptors (Lipinski definition) is 6. The fourth-order valence-electron chi connectivity index (χ4n) is 4.83. The fourth-order valence-corrected chi connectivity index (χ4v) is 6.01. The number of hydrogen-bond donors (Lipinski definition) is 0. The first-order valence-corrected chi connectivity index (χ1v) is 15.3. The summed E-state index contributed by atoms with van der Waals surface area (Å²) < 4.78 is 45.6. The first-order valence-electron chi connectivity index (χ1n) is 11.1. The highest BCUT2D eigenvalue weighted by molar-refractivity contribution is 7.90. The van der Waals surface area contributed by atoms with Gasteiger partial charge < -0.3 is 9.80 Å². The predicted octanol–water partition coefficient (Wildman–Crippen LogP) is 2.12. The van der Waals surface area contributed by atoms with E-state index in [2.05, 4.69) is 16.7 Å². The van der Waals surface area contributed by atoms with Gasteiger partial charge in [-0.3, -0.25) is 0 Å². The van der Waals surface area contributed by atoms with Gasteiger partial charge in [0.25, 0.3) is 0 Å². The molecule has 2 unspecified atom stereocenters. The highest BCUT2D eigenvalue weighted by atomic mass is 32.2. The largest absolute Gasteiger partial charge is 0.302 e. The Balaban J connectivity index is 1.72. The molecule has 0 aromatic carbocycles. The van der Waals surface area contributed by atoms with E-state index in [1.165, 1.54) is 44.6 Å². The van der Waals surface area contributed by atoms with Gasteiger partial charge in [-0.25, -0.2) is 16.8 Å². The van der Waals surface area contributed by atoms with Gasteiger partial charge in [0.05, 0.1) is 11.5 Å². The van der Waals surface area contributed by atoms with E-state index in [9.17, 15) is 16.8 Å². The van der Waals surface area contributed by atoms with E-state index in [4.69, 9.17) is 0 Å². The van der Waals surface area contributed by atoms with Gasteiger partial charge >= 0.3 is 0 Å². The standard InChI is InChI=1S/C21H41N2O4S2/c1-4-20(21-6-5-11-23(18-21)15-17-29(3,26)27)8-7-19-9-12-22(13-10-19)14-16-28(2,24)25/h19-21H,1,4-18H2,2-3H3. The van der Waals surface area contributed by atoms with Crippen molar-refractivity contribution < 1.29 is 16.8 Å². The van der Waals surface area contributed by atoms with Gasteiger partial charge in [0.2, 0.25) is 0 Å². The van der Waals surface area contributed by atoms with Crippen LogP contribution in [0.4, 0.5) is 0 Å². The molecule has 0 amide bonds. The molecule has 29 heavy (non-hydrogen) atoms. The molecular formula is C21H41N2O4S2. The molecule has 0 bridgehead atoms. The van der Waals surface area contributed by atoms with E-state index in [0.29, 0.717) is 24.9 Å². The Morgan fingerprint density at radius 3 is 2.03 bits per heavy atom. The van der Waals surface area contributed by atoms with Crippen molar-refractivity contribution in [3.05, 3.63) is 6.92 Å². The van der Waals surface area contributed by atoms with Crippen LogP contribution in [0.5, 0.6) is 0 Å². The molecule has 2 aliphatic rings. The van der Waals surface area contributed by atoms with Crippen LogP contribution in [0.25, 0.3) is 0 Å². The Labute approximate surface area is 179 Å². The number of sulfone groups is 2. The average Bonchev–Trinajstić information content (AvgIpc) is 2.65. The third kappa shape index (κ3) is 10.1. The van der Waals surface area contributed by atoms with E-state index in [1.807, 2.05) is 0 Å². The van der Waals surface area contributed by atoms with Crippen molar-refractivity contribution in [1.82, 2.24) is 9.80 Å². The quantitative estimate of drug-likeness (QED) is 0.481. The van der Waals surface area contributed by atoms with Crippen molar-refractivity contribution >= 4 is 19.7 Å². The molecule has 6 nitrogen and oxygen atoms in total. The van der Waals surface area contributed by atoms with Crippen LogP contribution in [-0.4, -0.2) is 89.9 Å². The maximum atomic E-state index is 11.5. The van der Waals surface area contributed by atoms with Gasteiger partial charge in [-0.2, -0.15) is 0 Å². The zero-order valence-electron chi connectivity index (χ0n) is 18.4. The van der Waals surface area contributed by atoms with Crippen molar-refractivity contribution in [1.29, 1.82) is 0 Å². The molecule has 0 aliphatic carbocycles. The Morgan fingerprint density at radius 2 is 1.48 bits per heavy atom. The van der Waals surface area contributed by atoms with Crippen LogP contribution in [0.1, 0.15) is 44.9 Å². The van der Waals surface area contributed by atoms with E-state index < -0.39 is 19.7 Å². The van der Waals surface area contributed by atoms with Crippen LogP contribution in [0, 0.1) is 24.7 Å². The molecule has 2 saturated heterocycles. The molecule has 0 saturated carbocycles. The van der Waals surface area contributed by atoms with Crippen LogP contribution < -0.4 is 0 Å². The number of rotatable bonds is 11. The highest BCUT2D eigenvalue weighted by Crippen LogP contribution is 2.32. The fraction of sp³-hybridized carbons (Fsp3) is 0.952. The molecule has 1 radical (unpaired) electrons. The Morgan fingerprint density at radius 1 is 0.897 bits per heavy atom. The van der Waals surface area contributed by atoms with Gasteiger partial charge in [-0.15, -0.1) is 0 Å². The van der Waals surface area contributed by atoms with Crippen LogP contribution in [0.15, 0.2) is 0 Å². The third-order valence-electron chi connectivity index (χ3n) is 6.79.